The van der Waals surface area contributed by atoms with Gasteiger partial charge in [-0.1, -0.05) is 60.7 Å². The summed E-state index contributed by atoms with van der Waals surface area (Å²) in [6.45, 7) is 3.80. The van der Waals surface area contributed by atoms with Crippen LogP contribution in [0.2, 0.25) is 0 Å². The Hall–Kier alpha value is -3.64. The van der Waals surface area contributed by atoms with Crippen LogP contribution in [-0.4, -0.2) is 19.0 Å². The molecule has 6 nitrogen and oxygen atoms in total. The van der Waals surface area contributed by atoms with Crippen molar-refractivity contribution >= 4 is 11.9 Å². The smallest absolute Gasteiger partial charge is 0.339 e. The number of quaternary nitrogens is 1. The molecule has 0 heterocycles. The summed E-state index contributed by atoms with van der Waals surface area (Å²) in [5.74, 6) is -1.48. The highest BCUT2D eigenvalue weighted by atomic mass is 16.5. The Bertz CT molecular complexity index is 1000. The molecule has 3 aromatic carbocycles. The van der Waals surface area contributed by atoms with Crippen molar-refractivity contribution in [2.24, 2.45) is 0 Å². The van der Waals surface area contributed by atoms with E-state index in [2.05, 4.69) is 24.8 Å². The molecule has 0 saturated carbocycles. The lowest BCUT2D eigenvalue weighted by molar-refractivity contribution is -0.420. The number of benzene rings is 3. The molecule has 0 bridgehead atoms. The molecule has 0 fully saturated rings. The lowest BCUT2D eigenvalue weighted by atomic mass is 10.1. The van der Waals surface area contributed by atoms with Crippen molar-refractivity contribution in [3.05, 3.63) is 101 Å². The van der Waals surface area contributed by atoms with E-state index in [9.17, 15) is 14.7 Å². The molecular weight excluding hydrogens is 394 g/mol. The van der Waals surface area contributed by atoms with Crippen LogP contribution >= 0.6 is 0 Å². The largest absolute Gasteiger partial charge is 0.545 e. The summed E-state index contributed by atoms with van der Waals surface area (Å²) in [6, 6.07) is 23.6. The molecule has 2 atom stereocenters. The lowest BCUT2D eigenvalue weighted by Crippen LogP contribution is -2.51. The number of carbonyl (C=O) groups is 2. The molecular formula is C25H27NO5. The second-order valence-electron chi connectivity index (χ2n) is 6.97. The molecule has 0 saturated heterocycles. The number of carbonyl (C=O) groups excluding carboxylic acids is 2. The third-order valence-corrected chi connectivity index (χ3v) is 4.58. The average Bonchev–Trinajstić information content (AvgIpc) is 2.80. The second kappa shape index (κ2) is 11.5. The van der Waals surface area contributed by atoms with Crippen molar-refractivity contribution in [1.82, 2.24) is 0 Å². The zero-order chi connectivity index (χ0) is 22.8. The quantitative estimate of drug-likeness (QED) is 0.617. The highest BCUT2D eigenvalue weighted by molar-refractivity contribution is 6.01. The van der Waals surface area contributed by atoms with Crippen molar-refractivity contribution in [1.29, 1.82) is 0 Å². The average molecular weight is 421 g/mol. The van der Waals surface area contributed by atoms with E-state index < -0.39 is 18.0 Å². The maximum atomic E-state index is 12.2. The van der Waals surface area contributed by atoms with Gasteiger partial charge in [0.1, 0.15) is 17.9 Å². The minimum absolute atomic E-state index is 0.0303. The number of hydrogen-bond acceptors (Lipinski definition) is 5. The van der Waals surface area contributed by atoms with Gasteiger partial charge < -0.3 is 25.1 Å². The highest BCUT2D eigenvalue weighted by Gasteiger charge is 2.17. The van der Waals surface area contributed by atoms with Gasteiger partial charge in [0.2, 0.25) is 0 Å². The first kappa shape index (κ1) is 23.6. The maximum Gasteiger partial charge on any atom is 0.339 e. The SMILES string of the molecule is COc1cccc([C@@H](C)OC(=O)c2ccccc2C(=O)[O-])c1.C[C@@H]([NH3+])c1ccccc1. The summed E-state index contributed by atoms with van der Waals surface area (Å²) in [7, 11) is 1.55. The fourth-order valence-electron chi connectivity index (χ4n) is 2.81. The van der Waals surface area contributed by atoms with Gasteiger partial charge in [0.25, 0.3) is 0 Å². The van der Waals surface area contributed by atoms with Gasteiger partial charge in [-0.3, -0.25) is 0 Å². The highest BCUT2D eigenvalue weighted by Crippen LogP contribution is 2.23. The van der Waals surface area contributed by atoms with E-state index in [0.717, 1.165) is 5.56 Å². The van der Waals surface area contributed by atoms with Gasteiger partial charge >= 0.3 is 5.97 Å². The van der Waals surface area contributed by atoms with E-state index in [1.165, 1.54) is 23.8 Å². The Morgan fingerprint density at radius 3 is 1.97 bits per heavy atom. The van der Waals surface area contributed by atoms with Crippen LogP contribution in [0.5, 0.6) is 5.75 Å². The molecule has 0 aliphatic carbocycles. The molecule has 0 unspecified atom stereocenters. The van der Waals surface area contributed by atoms with Crippen LogP contribution in [0.1, 0.15) is 57.8 Å². The number of carboxylic acid groups (broad SMARTS) is 1. The summed E-state index contributed by atoms with van der Waals surface area (Å²) in [6.07, 6.45) is -0.544. The van der Waals surface area contributed by atoms with Crippen molar-refractivity contribution in [2.45, 2.75) is 26.0 Å². The monoisotopic (exact) mass is 421 g/mol. The molecule has 3 aromatic rings. The van der Waals surface area contributed by atoms with Crippen molar-refractivity contribution in [3.63, 3.8) is 0 Å². The van der Waals surface area contributed by atoms with E-state index in [-0.39, 0.29) is 11.1 Å². The molecule has 162 valence electrons. The zero-order valence-corrected chi connectivity index (χ0v) is 17.9. The number of methoxy groups -OCH3 is 1. The van der Waals surface area contributed by atoms with Crippen molar-refractivity contribution in [2.75, 3.05) is 7.11 Å². The van der Waals surface area contributed by atoms with E-state index in [0.29, 0.717) is 11.8 Å². The first-order valence-corrected chi connectivity index (χ1v) is 9.86. The van der Waals surface area contributed by atoms with Gasteiger partial charge in [-0.15, -0.1) is 0 Å². The van der Waals surface area contributed by atoms with E-state index in [4.69, 9.17) is 9.47 Å². The Morgan fingerprint density at radius 1 is 0.839 bits per heavy atom. The lowest BCUT2D eigenvalue weighted by Gasteiger charge is -2.16. The van der Waals surface area contributed by atoms with Crippen molar-refractivity contribution < 1.29 is 29.9 Å². The van der Waals surface area contributed by atoms with Gasteiger partial charge in [-0.2, -0.15) is 0 Å². The third kappa shape index (κ3) is 6.97. The standard InChI is InChI=1S/C17H16O5.C8H11N/c1-11(12-6-5-7-13(10-12)21-2)22-17(20)15-9-4-3-8-14(15)16(18)19;1-7(9)8-5-3-2-4-6-8/h3-11H,1-2H3,(H,18,19);2-7H,9H2,1H3/t11-;7-/m11/s1. The third-order valence-electron chi connectivity index (χ3n) is 4.58. The Kier molecular flexibility index (Phi) is 8.78. The Labute approximate surface area is 182 Å². The van der Waals surface area contributed by atoms with Crippen LogP contribution in [0.15, 0.2) is 78.9 Å². The fourth-order valence-corrected chi connectivity index (χ4v) is 2.81. The van der Waals surface area contributed by atoms with Gasteiger partial charge in [0.05, 0.1) is 18.6 Å². The number of ether oxygens (including phenoxy) is 2. The second-order valence-corrected chi connectivity index (χ2v) is 6.97. The summed E-state index contributed by atoms with van der Waals surface area (Å²) in [4.78, 5) is 23.2. The molecule has 3 rings (SSSR count). The predicted molar refractivity (Wildman–Crippen MR) is 115 cm³/mol. The number of hydrogen-bond donors (Lipinski definition) is 1. The van der Waals surface area contributed by atoms with Crippen LogP contribution in [0.25, 0.3) is 0 Å². The number of esters is 1. The molecule has 6 heteroatoms. The van der Waals surface area contributed by atoms with Crippen LogP contribution in [-0.2, 0) is 4.74 Å². The predicted octanol–water partition coefficient (Wildman–Crippen LogP) is 2.97. The van der Waals surface area contributed by atoms with Gasteiger partial charge in [-0.05, 0) is 37.6 Å². The summed E-state index contributed by atoms with van der Waals surface area (Å²) < 4.78 is 10.4. The zero-order valence-electron chi connectivity index (χ0n) is 17.9. The number of rotatable bonds is 6. The van der Waals surface area contributed by atoms with Gasteiger partial charge in [0.15, 0.2) is 0 Å². The van der Waals surface area contributed by atoms with E-state index in [1.54, 1.807) is 44.4 Å². The van der Waals surface area contributed by atoms with E-state index >= 15 is 0 Å². The van der Waals surface area contributed by atoms with Crippen LogP contribution < -0.4 is 15.6 Å². The van der Waals surface area contributed by atoms with Crippen molar-refractivity contribution in [3.8, 4) is 5.75 Å². The fraction of sp³-hybridized carbons (Fsp3) is 0.200. The van der Waals surface area contributed by atoms with Gasteiger partial charge in [0, 0.05) is 11.1 Å². The van der Waals surface area contributed by atoms with Crippen LogP contribution in [0, 0.1) is 0 Å². The minimum atomic E-state index is -1.42. The normalized spacial score (nSPS) is 12.0. The molecule has 0 aliphatic heterocycles. The summed E-state index contributed by atoms with van der Waals surface area (Å²) in [5, 5.41) is 11.0. The van der Waals surface area contributed by atoms with Crippen LogP contribution in [0.4, 0.5) is 0 Å². The number of aromatic carboxylic acids is 1. The van der Waals surface area contributed by atoms with E-state index in [1.807, 2.05) is 18.2 Å². The topological polar surface area (TPSA) is 103 Å². The molecule has 0 spiro atoms. The van der Waals surface area contributed by atoms with Gasteiger partial charge in [-0.25, -0.2) is 4.79 Å². The molecule has 0 radical (unpaired) electrons. The molecule has 0 aromatic heterocycles. The van der Waals surface area contributed by atoms with Crippen LogP contribution in [0.3, 0.4) is 0 Å². The number of carboxylic acids is 1. The summed E-state index contributed by atoms with van der Waals surface area (Å²) >= 11 is 0. The maximum absolute atomic E-state index is 12.2. The first-order valence-electron chi connectivity index (χ1n) is 9.86. The minimum Gasteiger partial charge on any atom is -0.545 e. The first-order chi connectivity index (χ1) is 14.8. The Morgan fingerprint density at radius 2 is 1.42 bits per heavy atom. The summed E-state index contributed by atoms with van der Waals surface area (Å²) in [5.41, 5.74) is 5.74. The molecule has 0 amide bonds. The Balaban J connectivity index is 0.000000316. The molecule has 31 heavy (non-hydrogen) atoms. The molecule has 3 N–H and O–H groups in total. The molecule has 0 aliphatic rings.